The van der Waals surface area contributed by atoms with E-state index in [1.54, 1.807) is 30.5 Å². The molecule has 2 heterocycles. The second-order valence-corrected chi connectivity index (χ2v) is 6.00. The van der Waals surface area contributed by atoms with Crippen LogP contribution in [-0.4, -0.2) is 33.8 Å². The van der Waals surface area contributed by atoms with E-state index in [1.165, 1.54) is 18.2 Å². The Kier molecular flexibility index (Phi) is 6.26. The van der Waals surface area contributed by atoms with Crippen LogP contribution < -0.4 is 10.1 Å². The van der Waals surface area contributed by atoms with E-state index in [0.29, 0.717) is 11.5 Å². The smallest absolute Gasteiger partial charge is 0.422 e. The number of nitrogens with one attached hydrogen (secondary N) is 1. The summed E-state index contributed by atoms with van der Waals surface area (Å²) in [7, 11) is 0. The van der Waals surface area contributed by atoms with E-state index < -0.39 is 18.7 Å². The zero-order valence-electron chi connectivity index (χ0n) is 15.3. The fraction of sp³-hybridized carbons (Fsp3) is 0.211. The maximum absolute atomic E-state index is 12.3. The minimum atomic E-state index is -4.52. The zero-order valence-corrected chi connectivity index (χ0v) is 15.3. The van der Waals surface area contributed by atoms with Gasteiger partial charge >= 0.3 is 6.18 Å². The van der Waals surface area contributed by atoms with E-state index in [0.717, 1.165) is 0 Å². The fourth-order valence-electron chi connectivity index (χ4n) is 2.38. The number of ether oxygens (including phenoxy) is 1. The predicted molar refractivity (Wildman–Crippen MR) is 97.2 cm³/mol. The lowest BCUT2D eigenvalue weighted by Gasteiger charge is -2.11. The van der Waals surface area contributed by atoms with E-state index in [4.69, 9.17) is 9.78 Å². The number of anilines is 1. The molecule has 0 spiro atoms. The van der Waals surface area contributed by atoms with Crippen LogP contribution in [0.25, 0.3) is 11.5 Å². The van der Waals surface area contributed by atoms with Gasteiger partial charge in [0.2, 0.25) is 17.6 Å². The van der Waals surface area contributed by atoms with Crippen LogP contribution in [-0.2, 0) is 11.2 Å². The summed E-state index contributed by atoms with van der Waals surface area (Å²) in [6, 6.07) is 10.8. The van der Waals surface area contributed by atoms with Crippen molar-refractivity contribution in [3.05, 3.63) is 54.0 Å². The zero-order chi connectivity index (χ0) is 21.6. The van der Waals surface area contributed by atoms with Crippen molar-refractivity contribution in [2.24, 2.45) is 0 Å². The van der Waals surface area contributed by atoms with Crippen molar-refractivity contribution in [1.82, 2.24) is 15.1 Å². The topological polar surface area (TPSA) is 114 Å². The van der Waals surface area contributed by atoms with Crippen molar-refractivity contribution < 1.29 is 27.2 Å². The van der Waals surface area contributed by atoms with Gasteiger partial charge in [0.1, 0.15) is 17.5 Å². The predicted octanol–water partition coefficient (Wildman–Crippen LogP) is 3.52. The molecule has 0 aliphatic carbocycles. The van der Waals surface area contributed by atoms with Crippen LogP contribution in [0.15, 0.2) is 47.1 Å². The second kappa shape index (κ2) is 9.04. The van der Waals surface area contributed by atoms with Gasteiger partial charge in [-0.05, 0) is 30.3 Å². The number of pyridine rings is 1. The Morgan fingerprint density at radius 1 is 1.27 bits per heavy atom. The molecule has 3 rings (SSSR count). The van der Waals surface area contributed by atoms with E-state index in [1.807, 2.05) is 0 Å². The minimum Gasteiger partial charge on any atom is -0.483 e. The maximum atomic E-state index is 12.3. The van der Waals surface area contributed by atoms with E-state index >= 15 is 0 Å². The lowest BCUT2D eigenvalue weighted by molar-refractivity contribution is -0.153. The third-order valence-corrected chi connectivity index (χ3v) is 3.70. The number of carbonyl (C=O) groups excluding carboxylic acids is 1. The summed E-state index contributed by atoms with van der Waals surface area (Å²) in [5.74, 6) is -0.0697. The third kappa shape index (κ3) is 5.78. The highest BCUT2D eigenvalue weighted by Gasteiger charge is 2.28. The number of carbonyl (C=O) groups is 1. The molecule has 0 unspecified atom stereocenters. The normalized spacial score (nSPS) is 11.0. The molecule has 1 N–H and O–H groups in total. The van der Waals surface area contributed by atoms with Crippen molar-refractivity contribution in [1.29, 1.82) is 5.26 Å². The third-order valence-electron chi connectivity index (χ3n) is 3.70. The highest BCUT2D eigenvalue weighted by molar-refractivity contribution is 5.91. The number of amides is 1. The largest absolute Gasteiger partial charge is 0.483 e. The Bertz CT molecular complexity index is 1060. The summed E-state index contributed by atoms with van der Waals surface area (Å²) in [5.41, 5.74) is 0.651. The van der Waals surface area contributed by atoms with Gasteiger partial charge in [-0.3, -0.25) is 9.78 Å². The van der Waals surface area contributed by atoms with Gasteiger partial charge in [0, 0.05) is 24.7 Å². The molecule has 154 valence electrons. The SMILES string of the molecule is N#Cc1cc(NC(=O)CCc2nc(-c3ccccn3)no2)ccc1OCC(F)(F)F. The number of rotatable bonds is 7. The van der Waals surface area contributed by atoms with Gasteiger partial charge < -0.3 is 14.6 Å². The standard InChI is InChI=1S/C19H14F3N5O3/c20-19(21,22)11-29-15-5-4-13(9-12(15)10-23)25-16(28)6-7-17-26-18(27-30-17)14-3-1-2-8-24-14/h1-5,8-9H,6-7,11H2,(H,25,28). The van der Waals surface area contributed by atoms with E-state index in [-0.39, 0.29) is 35.7 Å². The molecule has 0 fully saturated rings. The van der Waals surface area contributed by atoms with Gasteiger partial charge in [-0.25, -0.2) is 0 Å². The summed E-state index contributed by atoms with van der Waals surface area (Å²) in [5, 5.41) is 15.5. The summed E-state index contributed by atoms with van der Waals surface area (Å²) < 4.78 is 46.5. The molecule has 30 heavy (non-hydrogen) atoms. The maximum Gasteiger partial charge on any atom is 0.422 e. The average molecular weight is 417 g/mol. The van der Waals surface area contributed by atoms with Crippen LogP contribution in [0.5, 0.6) is 5.75 Å². The molecule has 1 aromatic carbocycles. The molecule has 0 saturated carbocycles. The molecule has 1 amide bonds. The summed E-state index contributed by atoms with van der Waals surface area (Å²) in [4.78, 5) is 20.4. The minimum absolute atomic E-state index is 0.0120. The van der Waals surface area contributed by atoms with Crippen molar-refractivity contribution in [3.8, 4) is 23.3 Å². The Hall–Kier alpha value is -3.94. The van der Waals surface area contributed by atoms with Gasteiger partial charge in [-0.1, -0.05) is 11.2 Å². The summed E-state index contributed by atoms with van der Waals surface area (Å²) >= 11 is 0. The van der Waals surface area contributed by atoms with Crippen LogP contribution >= 0.6 is 0 Å². The number of nitrogens with zero attached hydrogens (tertiary/aromatic N) is 4. The molecule has 0 radical (unpaired) electrons. The van der Waals surface area contributed by atoms with Gasteiger partial charge in [-0.15, -0.1) is 0 Å². The van der Waals surface area contributed by atoms with Gasteiger partial charge in [-0.2, -0.15) is 23.4 Å². The molecule has 0 saturated heterocycles. The van der Waals surface area contributed by atoms with Crippen molar-refractivity contribution in [2.45, 2.75) is 19.0 Å². The Balaban J connectivity index is 1.56. The number of nitriles is 1. The summed E-state index contributed by atoms with van der Waals surface area (Å²) in [6.07, 6.45) is -2.75. The average Bonchev–Trinajstić information content (AvgIpc) is 3.20. The number of benzene rings is 1. The fourth-order valence-corrected chi connectivity index (χ4v) is 2.38. The second-order valence-electron chi connectivity index (χ2n) is 6.00. The van der Waals surface area contributed by atoms with Crippen LogP contribution in [0.2, 0.25) is 0 Å². The van der Waals surface area contributed by atoms with Crippen molar-refractivity contribution in [2.75, 3.05) is 11.9 Å². The number of aryl methyl sites for hydroxylation is 1. The molecule has 0 atom stereocenters. The number of alkyl halides is 3. The monoisotopic (exact) mass is 417 g/mol. The first-order chi connectivity index (χ1) is 14.3. The van der Waals surface area contributed by atoms with Gasteiger partial charge in [0.15, 0.2) is 6.61 Å². The number of hydrogen-bond acceptors (Lipinski definition) is 7. The Morgan fingerprint density at radius 3 is 2.80 bits per heavy atom. The Labute approximate surface area is 168 Å². The molecular weight excluding hydrogens is 403 g/mol. The molecule has 0 aliphatic heterocycles. The molecule has 3 aromatic rings. The first kappa shape index (κ1) is 20.8. The summed E-state index contributed by atoms with van der Waals surface area (Å²) in [6.45, 7) is -1.52. The number of aromatic nitrogens is 3. The molecule has 8 nitrogen and oxygen atoms in total. The van der Waals surface area contributed by atoms with Crippen LogP contribution in [0.3, 0.4) is 0 Å². The highest BCUT2D eigenvalue weighted by Crippen LogP contribution is 2.25. The first-order valence-electron chi connectivity index (χ1n) is 8.61. The van der Waals surface area contributed by atoms with Crippen LogP contribution in [0, 0.1) is 11.3 Å². The first-order valence-corrected chi connectivity index (χ1v) is 8.61. The molecule has 0 aliphatic rings. The Morgan fingerprint density at radius 2 is 2.10 bits per heavy atom. The van der Waals surface area contributed by atoms with Crippen LogP contribution in [0.4, 0.5) is 18.9 Å². The van der Waals surface area contributed by atoms with Crippen LogP contribution in [0.1, 0.15) is 17.9 Å². The van der Waals surface area contributed by atoms with Gasteiger partial charge in [0.05, 0.1) is 5.56 Å². The van der Waals surface area contributed by atoms with Crippen molar-refractivity contribution in [3.63, 3.8) is 0 Å². The molecule has 11 heteroatoms. The molecule has 2 aromatic heterocycles. The number of hydrogen-bond donors (Lipinski definition) is 1. The quantitative estimate of drug-likeness (QED) is 0.626. The highest BCUT2D eigenvalue weighted by atomic mass is 19.4. The number of halogens is 3. The molecule has 0 bridgehead atoms. The molecular formula is C19H14F3N5O3. The van der Waals surface area contributed by atoms with E-state index in [9.17, 15) is 18.0 Å². The lowest BCUT2D eigenvalue weighted by atomic mass is 10.2. The lowest BCUT2D eigenvalue weighted by Crippen LogP contribution is -2.19. The van der Waals surface area contributed by atoms with Gasteiger partial charge in [0.25, 0.3) is 0 Å². The van der Waals surface area contributed by atoms with E-state index in [2.05, 4.69) is 25.2 Å². The van der Waals surface area contributed by atoms with Crippen molar-refractivity contribution >= 4 is 11.6 Å².